The van der Waals surface area contributed by atoms with Crippen LogP contribution in [0, 0.1) is 0 Å². The molecule has 0 fully saturated rings. The van der Waals surface area contributed by atoms with E-state index in [9.17, 15) is 9.90 Å². The zero-order chi connectivity index (χ0) is 9.14. The van der Waals surface area contributed by atoms with Gasteiger partial charge in [-0.25, -0.2) is 4.79 Å². The highest BCUT2D eigenvalue weighted by atomic mass is 16.3. The number of rotatable bonds is 2. The minimum absolute atomic E-state index is 0.130. The Balaban J connectivity index is 2.77. The summed E-state index contributed by atoms with van der Waals surface area (Å²) in [6.45, 7) is 4.90. The number of amides is 2. The van der Waals surface area contributed by atoms with Crippen molar-refractivity contribution in [1.29, 1.82) is 0 Å². The van der Waals surface area contributed by atoms with E-state index in [1.807, 2.05) is 13.8 Å². The van der Waals surface area contributed by atoms with Crippen LogP contribution in [-0.4, -0.2) is 40.3 Å². The highest BCUT2D eigenvalue weighted by Crippen LogP contribution is 2.10. The lowest BCUT2D eigenvalue weighted by atomic mass is 10.3. The van der Waals surface area contributed by atoms with E-state index in [2.05, 4.69) is 0 Å². The first-order valence-corrected chi connectivity index (χ1v) is 4.14. The smallest absolute Gasteiger partial charge is 0.326 e. The molecule has 1 rings (SSSR count). The lowest BCUT2D eigenvalue weighted by Crippen LogP contribution is -2.48. The van der Waals surface area contributed by atoms with Gasteiger partial charge in [0.15, 0.2) is 6.23 Å². The maximum atomic E-state index is 11.4. The molecule has 0 bridgehead atoms. The lowest BCUT2D eigenvalue weighted by Gasteiger charge is -2.33. The van der Waals surface area contributed by atoms with Gasteiger partial charge in [-0.3, -0.25) is 4.90 Å². The summed E-state index contributed by atoms with van der Waals surface area (Å²) in [6, 6.07) is -0.130. The summed E-state index contributed by atoms with van der Waals surface area (Å²) in [4.78, 5) is 14.4. The Morgan fingerprint density at radius 3 is 2.67 bits per heavy atom. The molecule has 1 heterocycles. The molecule has 0 aromatic carbocycles. The molecule has 1 aliphatic heterocycles. The van der Waals surface area contributed by atoms with Gasteiger partial charge in [0.25, 0.3) is 0 Å². The van der Waals surface area contributed by atoms with E-state index in [0.29, 0.717) is 13.1 Å². The number of carbonyl (C=O) groups is 1. The fourth-order valence-corrected chi connectivity index (χ4v) is 1.19. The predicted octanol–water partition coefficient (Wildman–Crippen LogP) is 0.596. The van der Waals surface area contributed by atoms with Gasteiger partial charge in [0, 0.05) is 19.3 Å². The van der Waals surface area contributed by atoms with Crippen LogP contribution in [-0.2, 0) is 0 Å². The van der Waals surface area contributed by atoms with E-state index < -0.39 is 6.23 Å². The van der Waals surface area contributed by atoms with Crippen molar-refractivity contribution in [3.05, 3.63) is 12.3 Å². The number of carbonyl (C=O) groups excluding carboxylic acids is 1. The molecule has 1 atom stereocenters. The summed E-state index contributed by atoms with van der Waals surface area (Å²) in [5.74, 6) is 0. The fraction of sp³-hybridized carbons (Fsp3) is 0.625. The van der Waals surface area contributed by atoms with Crippen LogP contribution in [0.4, 0.5) is 4.79 Å². The molecule has 0 aromatic rings. The third kappa shape index (κ3) is 1.43. The molecule has 0 radical (unpaired) electrons. The van der Waals surface area contributed by atoms with Crippen molar-refractivity contribution < 1.29 is 9.90 Å². The van der Waals surface area contributed by atoms with Crippen molar-refractivity contribution >= 4 is 6.03 Å². The molecule has 1 aliphatic rings. The van der Waals surface area contributed by atoms with Crippen molar-refractivity contribution in [2.75, 3.05) is 13.1 Å². The minimum Gasteiger partial charge on any atom is -0.370 e. The van der Waals surface area contributed by atoms with Gasteiger partial charge in [0.1, 0.15) is 0 Å². The van der Waals surface area contributed by atoms with Gasteiger partial charge in [-0.2, -0.15) is 0 Å². The number of aliphatic hydroxyl groups excluding tert-OH is 1. The van der Waals surface area contributed by atoms with E-state index in [1.54, 1.807) is 17.2 Å². The summed E-state index contributed by atoms with van der Waals surface area (Å²) < 4.78 is 0. The lowest BCUT2D eigenvalue weighted by molar-refractivity contribution is 0.0496. The quantitative estimate of drug-likeness (QED) is 0.659. The Bertz CT molecular complexity index is 203. The third-order valence-electron chi connectivity index (χ3n) is 1.93. The fourth-order valence-electron chi connectivity index (χ4n) is 1.19. The standard InChI is InChI=1S/C8H14N2O2/c1-3-9-6-5-7(11)10(4-2)8(9)12/h5-7,11H,3-4H2,1-2H3. The Morgan fingerprint density at radius 2 is 2.17 bits per heavy atom. The van der Waals surface area contributed by atoms with E-state index in [-0.39, 0.29) is 6.03 Å². The molecule has 0 saturated carbocycles. The zero-order valence-electron chi connectivity index (χ0n) is 7.40. The average Bonchev–Trinajstić information content (AvgIpc) is 2.06. The van der Waals surface area contributed by atoms with Crippen LogP contribution in [0.3, 0.4) is 0 Å². The highest BCUT2D eigenvalue weighted by molar-refractivity contribution is 5.76. The Labute approximate surface area is 72.1 Å². The van der Waals surface area contributed by atoms with Crippen LogP contribution in [0.25, 0.3) is 0 Å². The van der Waals surface area contributed by atoms with Gasteiger partial charge in [-0.15, -0.1) is 0 Å². The summed E-state index contributed by atoms with van der Waals surface area (Å²) in [7, 11) is 0. The van der Waals surface area contributed by atoms with Gasteiger partial charge < -0.3 is 10.0 Å². The molecule has 0 saturated heterocycles. The van der Waals surface area contributed by atoms with E-state index in [1.165, 1.54) is 4.90 Å². The molecule has 0 aromatic heterocycles. The monoisotopic (exact) mass is 170 g/mol. The largest absolute Gasteiger partial charge is 0.370 e. The molecule has 1 unspecified atom stereocenters. The maximum absolute atomic E-state index is 11.4. The number of urea groups is 1. The van der Waals surface area contributed by atoms with Crippen LogP contribution in [0.2, 0.25) is 0 Å². The molecule has 2 amide bonds. The molecule has 0 aliphatic carbocycles. The second-order valence-electron chi connectivity index (χ2n) is 2.61. The first kappa shape index (κ1) is 9.06. The Hall–Kier alpha value is -1.03. The second kappa shape index (κ2) is 3.58. The summed E-state index contributed by atoms with van der Waals surface area (Å²) >= 11 is 0. The number of aliphatic hydroxyl groups is 1. The molecule has 12 heavy (non-hydrogen) atoms. The van der Waals surface area contributed by atoms with Crippen LogP contribution in [0.1, 0.15) is 13.8 Å². The first-order valence-electron chi connectivity index (χ1n) is 4.14. The number of nitrogens with zero attached hydrogens (tertiary/aromatic N) is 2. The van der Waals surface area contributed by atoms with Crippen LogP contribution in [0.15, 0.2) is 12.3 Å². The highest BCUT2D eigenvalue weighted by Gasteiger charge is 2.25. The normalized spacial score (nSPS) is 23.6. The zero-order valence-corrected chi connectivity index (χ0v) is 7.40. The van der Waals surface area contributed by atoms with E-state index in [4.69, 9.17) is 0 Å². The molecule has 4 heteroatoms. The Morgan fingerprint density at radius 1 is 1.50 bits per heavy atom. The molecule has 4 nitrogen and oxygen atoms in total. The van der Waals surface area contributed by atoms with Crippen molar-refractivity contribution in [3.8, 4) is 0 Å². The van der Waals surface area contributed by atoms with Crippen molar-refractivity contribution in [2.45, 2.75) is 20.1 Å². The SMILES string of the molecule is CCN1C=CC(O)N(CC)C1=O. The van der Waals surface area contributed by atoms with Crippen LogP contribution in [0.5, 0.6) is 0 Å². The number of hydrogen-bond donors (Lipinski definition) is 1. The number of likely N-dealkylation sites (N-methyl/N-ethyl adjacent to an activating group) is 1. The minimum atomic E-state index is -0.759. The summed E-state index contributed by atoms with van der Waals surface area (Å²) in [6.07, 6.45) is 2.47. The van der Waals surface area contributed by atoms with Crippen molar-refractivity contribution in [1.82, 2.24) is 9.80 Å². The topological polar surface area (TPSA) is 43.8 Å². The Kier molecular flexibility index (Phi) is 2.70. The second-order valence-corrected chi connectivity index (χ2v) is 2.61. The van der Waals surface area contributed by atoms with E-state index in [0.717, 1.165) is 0 Å². The molecule has 0 spiro atoms. The van der Waals surface area contributed by atoms with Gasteiger partial charge in [-0.1, -0.05) is 0 Å². The maximum Gasteiger partial charge on any atom is 0.326 e. The first-order chi connectivity index (χ1) is 5.70. The third-order valence-corrected chi connectivity index (χ3v) is 1.93. The van der Waals surface area contributed by atoms with Crippen molar-refractivity contribution in [2.24, 2.45) is 0 Å². The van der Waals surface area contributed by atoms with Gasteiger partial charge in [-0.05, 0) is 19.9 Å². The van der Waals surface area contributed by atoms with Crippen LogP contribution < -0.4 is 0 Å². The molecule has 1 N–H and O–H groups in total. The van der Waals surface area contributed by atoms with Crippen molar-refractivity contribution in [3.63, 3.8) is 0 Å². The van der Waals surface area contributed by atoms with Crippen LogP contribution >= 0.6 is 0 Å². The molecular weight excluding hydrogens is 156 g/mol. The summed E-state index contributed by atoms with van der Waals surface area (Å²) in [5.41, 5.74) is 0. The van der Waals surface area contributed by atoms with Gasteiger partial charge in [0.05, 0.1) is 0 Å². The summed E-state index contributed by atoms with van der Waals surface area (Å²) in [5, 5.41) is 9.34. The average molecular weight is 170 g/mol. The van der Waals surface area contributed by atoms with Gasteiger partial charge >= 0.3 is 6.03 Å². The number of hydrogen-bond acceptors (Lipinski definition) is 2. The predicted molar refractivity (Wildman–Crippen MR) is 45.3 cm³/mol. The van der Waals surface area contributed by atoms with E-state index >= 15 is 0 Å². The molecule has 68 valence electrons. The van der Waals surface area contributed by atoms with Gasteiger partial charge in [0.2, 0.25) is 0 Å². The molecular formula is C8H14N2O2.